The Morgan fingerprint density at radius 2 is 1.58 bits per heavy atom. The number of nitrogens with one attached hydrogen (secondary N) is 4. The van der Waals surface area contributed by atoms with Crippen molar-refractivity contribution in [3.05, 3.63) is 65.2 Å². The summed E-state index contributed by atoms with van der Waals surface area (Å²) >= 11 is 0. The van der Waals surface area contributed by atoms with Crippen molar-refractivity contribution in [1.29, 1.82) is 0 Å². The molecule has 4 rings (SSSR count). The van der Waals surface area contributed by atoms with Gasteiger partial charge < -0.3 is 20.4 Å². The summed E-state index contributed by atoms with van der Waals surface area (Å²) in [6.45, 7) is 8.03. The number of piperazine rings is 1. The second kappa shape index (κ2) is 9.62. The monoisotopic (exact) mass is 422 g/mol. The molecule has 6 heteroatoms. The van der Waals surface area contributed by atoms with Crippen LogP contribution in [0.1, 0.15) is 35.6 Å². The summed E-state index contributed by atoms with van der Waals surface area (Å²) in [7, 11) is 0. The molecule has 0 aromatic heterocycles. The van der Waals surface area contributed by atoms with Crippen LogP contribution in [0.4, 0.5) is 5.69 Å². The third-order valence-electron chi connectivity index (χ3n) is 6.48. The molecular formula is C25H34N4O2+2. The molecule has 2 aromatic carbocycles. The molecule has 4 N–H and O–H groups in total. The van der Waals surface area contributed by atoms with Crippen molar-refractivity contribution in [2.75, 3.05) is 38.0 Å². The minimum Gasteiger partial charge on any atom is -0.348 e. The summed E-state index contributed by atoms with van der Waals surface area (Å²) < 4.78 is 0. The number of hydrogen-bond acceptors (Lipinski definition) is 2. The van der Waals surface area contributed by atoms with Crippen molar-refractivity contribution < 1.29 is 19.4 Å². The molecule has 1 saturated heterocycles. The summed E-state index contributed by atoms with van der Waals surface area (Å²) in [5, 5.41) is 6.30. The third-order valence-corrected chi connectivity index (χ3v) is 6.48. The minimum atomic E-state index is -0.174. The zero-order valence-electron chi connectivity index (χ0n) is 18.5. The first-order valence-corrected chi connectivity index (χ1v) is 11.4. The molecule has 1 atom stereocenters. The summed E-state index contributed by atoms with van der Waals surface area (Å²) in [5.41, 5.74) is 4.18. The highest BCUT2D eigenvalue weighted by atomic mass is 16.2. The Hall–Kier alpha value is -2.70. The van der Waals surface area contributed by atoms with Gasteiger partial charge in [0.2, 0.25) is 0 Å². The van der Waals surface area contributed by atoms with Gasteiger partial charge in [-0.15, -0.1) is 0 Å². The lowest BCUT2D eigenvalue weighted by atomic mass is 10.0. The van der Waals surface area contributed by atoms with E-state index in [2.05, 4.69) is 22.8 Å². The number of carbonyl (C=O) groups is 2. The highest BCUT2D eigenvalue weighted by Crippen LogP contribution is 2.20. The van der Waals surface area contributed by atoms with Gasteiger partial charge in [0.05, 0.1) is 0 Å². The van der Waals surface area contributed by atoms with Gasteiger partial charge in [-0.25, -0.2) is 0 Å². The molecule has 2 aromatic rings. The van der Waals surface area contributed by atoms with Crippen molar-refractivity contribution in [3.8, 4) is 0 Å². The van der Waals surface area contributed by atoms with Crippen molar-refractivity contribution in [3.63, 3.8) is 0 Å². The molecule has 1 heterocycles. The zero-order valence-corrected chi connectivity index (χ0v) is 18.5. The van der Waals surface area contributed by atoms with E-state index in [0.717, 1.165) is 61.4 Å². The fourth-order valence-corrected chi connectivity index (χ4v) is 4.54. The number of rotatable bonds is 7. The number of amides is 2. The Balaban J connectivity index is 1.35. The van der Waals surface area contributed by atoms with Crippen molar-refractivity contribution in [1.82, 2.24) is 5.32 Å². The van der Waals surface area contributed by atoms with Gasteiger partial charge >= 0.3 is 0 Å². The quantitative estimate of drug-likeness (QED) is 0.509. The van der Waals surface area contributed by atoms with E-state index < -0.39 is 0 Å². The molecule has 0 unspecified atom stereocenters. The SMILES string of the molecule is Cc1cccc(C)c1NC(=O)C[NH+]1CC[NH+]([C@H](C(=O)NC2CC2)c2ccccc2)CC1. The fourth-order valence-electron chi connectivity index (χ4n) is 4.54. The Morgan fingerprint density at radius 1 is 0.935 bits per heavy atom. The van der Waals surface area contributed by atoms with E-state index >= 15 is 0 Å². The fraction of sp³-hybridized carbons (Fsp3) is 0.440. The highest BCUT2D eigenvalue weighted by Gasteiger charge is 2.38. The standard InChI is InChI=1S/C25H32N4O2/c1-18-7-6-8-19(2)23(18)27-22(30)17-28-13-15-29(16-14-28)24(20-9-4-3-5-10-20)25(31)26-21-11-12-21/h3-10,21,24H,11-17H2,1-2H3,(H,26,31)(H,27,30)/p+2/t24-/m0/s1. The smallest absolute Gasteiger partial charge is 0.283 e. The number of hydrogen-bond donors (Lipinski definition) is 4. The van der Waals surface area contributed by atoms with E-state index in [0.29, 0.717) is 12.6 Å². The van der Waals surface area contributed by atoms with Crippen molar-refractivity contribution in [2.24, 2.45) is 0 Å². The Kier molecular flexibility index (Phi) is 6.68. The minimum absolute atomic E-state index is 0.0573. The Labute approximate surface area is 184 Å². The topological polar surface area (TPSA) is 67.1 Å². The van der Waals surface area contributed by atoms with E-state index in [4.69, 9.17) is 0 Å². The third kappa shape index (κ3) is 5.51. The molecule has 1 aliphatic heterocycles. The normalized spacial score (nSPS) is 21.9. The average molecular weight is 423 g/mol. The summed E-state index contributed by atoms with van der Waals surface area (Å²) in [5.74, 6) is 0.196. The number of anilines is 1. The molecule has 31 heavy (non-hydrogen) atoms. The second-order valence-corrected chi connectivity index (χ2v) is 9.03. The lowest BCUT2D eigenvalue weighted by Gasteiger charge is -2.34. The molecule has 0 radical (unpaired) electrons. The van der Waals surface area contributed by atoms with Crippen LogP contribution < -0.4 is 20.4 Å². The number of carbonyl (C=O) groups excluding carboxylic acids is 2. The first kappa shape index (κ1) is 21.5. The molecule has 6 nitrogen and oxygen atoms in total. The molecule has 2 aliphatic rings. The van der Waals surface area contributed by atoms with Gasteiger partial charge in [0.15, 0.2) is 12.6 Å². The van der Waals surface area contributed by atoms with E-state index in [1.54, 1.807) is 0 Å². The molecule has 1 aliphatic carbocycles. The molecule has 164 valence electrons. The van der Waals surface area contributed by atoms with Crippen LogP contribution >= 0.6 is 0 Å². The van der Waals surface area contributed by atoms with Gasteiger partial charge in [-0.1, -0.05) is 48.5 Å². The number of para-hydroxylation sites is 1. The van der Waals surface area contributed by atoms with Crippen molar-refractivity contribution in [2.45, 2.75) is 38.8 Å². The number of quaternary nitrogens is 2. The largest absolute Gasteiger partial charge is 0.348 e. The summed E-state index contributed by atoms with van der Waals surface area (Å²) in [4.78, 5) is 28.2. The van der Waals surface area contributed by atoms with Crippen LogP contribution in [0.2, 0.25) is 0 Å². The predicted molar refractivity (Wildman–Crippen MR) is 121 cm³/mol. The van der Waals surface area contributed by atoms with Crippen LogP contribution in [0.3, 0.4) is 0 Å². The van der Waals surface area contributed by atoms with Crippen LogP contribution in [0.15, 0.2) is 48.5 Å². The average Bonchev–Trinajstić information content (AvgIpc) is 3.57. The lowest BCUT2D eigenvalue weighted by Crippen LogP contribution is -3.28. The van der Waals surface area contributed by atoms with Crippen LogP contribution in [0, 0.1) is 13.8 Å². The van der Waals surface area contributed by atoms with Gasteiger partial charge in [0, 0.05) is 17.3 Å². The van der Waals surface area contributed by atoms with Gasteiger partial charge in [0.1, 0.15) is 26.2 Å². The maximum absolute atomic E-state index is 13.0. The van der Waals surface area contributed by atoms with E-state index in [1.165, 1.54) is 9.80 Å². The summed E-state index contributed by atoms with van der Waals surface area (Å²) in [6.07, 6.45) is 2.19. The van der Waals surface area contributed by atoms with E-state index in [9.17, 15) is 9.59 Å². The molecule has 0 spiro atoms. The van der Waals surface area contributed by atoms with Crippen LogP contribution in [-0.2, 0) is 9.59 Å². The first-order chi connectivity index (χ1) is 15.0. The second-order valence-electron chi connectivity index (χ2n) is 9.03. The van der Waals surface area contributed by atoms with Gasteiger partial charge in [-0.2, -0.15) is 0 Å². The highest BCUT2D eigenvalue weighted by molar-refractivity contribution is 5.93. The van der Waals surface area contributed by atoms with Crippen molar-refractivity contribution >= 4 is 17.5 Å². The van der Waals surface area contributed by atoms with E-state index in [-0.39, 0.29) is 17.9 Å². The summed E-state index contributed by atoms with van der Waals surface area (Å²) in [6, 6.07) is 16.4. The molecule has 2 amide bonds. The van der Waals surface area contributed by atoms with Crippen LogP contribution in [0.5, 0.6) is 0 Å². The predicted octanol–water partition coefficient (Wildman–Crippen LogP) is 0.0452. The maximum Gasteiger partial charge on any atom is 0.283 e. The molecule has 1 saturated carbocycles. The number of benzene rings is 2. The number of aryl methyl sites for hydroxylation is 2. The van der Waals surface area contributed by atoms with Gasteiger partial charge in [0.25, 0.3) is 11.8 Å². The first-order valence-electron chi connectivity index (χ1n) is 11.4. The zero-order chi connectivity index (χ0) is 21.8. The van der Waals surface area contributed by atoms with Gasteiger partial charge in [-0.3, -0.25) is 9.59 Å². The van der Waals surface area contributed by atoms with Crippen LogP contribution in [-0.4, -0.2) is 50.6 Å². The van der Waals surface area contributed by atoms with E-state index in [1.807, 2.05) is 50.2 Å². The Morgan fingerprint density at radius 3 is 2.19 bits per heavy atom. The molecular weight excluding hydrogens is 388 g/mol. The van der Waals surface area contributed by atoms with Gasteiger partial charge in [-0.05, 0) is 37.8 Å². The van der Waals surface area contributed by atoms with Crippen LogP contribution in [0.25, 0.3) is 0 Å². The Bertz CT molecular complexity index is 898. The molecule has 2 fully saturated rings. The lowest BCUT2D eigenvalue weighted by molar-refractivity contribution is -1.02. The molecule has 0 bridgehead atoms. The maximum atomic E-state index is 13.0.